The third-order valence-electron chi connectivity index (χ3n) is 7.22. The second kappa shape index (κ2) is 12.5. The van der Waals surface area contributed by atoms with E-state index >= 15 is 0 Å². The Balaban J connectivity index is 1.40. The van der Waals surface area contributed by atoms with Gasteiger partial charge in [-0.2, -0.15) is 10.2 Å². The molecule has 0 saturated heterocycles. The Morgan fingerprint density at radius 1 is 1.10 bits per heavy atom. The Morgan fingerprint density at radius 2 is 1.85 bits per heavy atom. The zero-order chi connectivity index (χ0) is 27.9. The minimum absolute atomic E-state index is 0.0000959. The van der Waals surface area contributed by atoms with Gasteiger partial charge in [-0.05, 0) is 44.9 Å². The average molecular weight is 538 g/mol. The van der Waals surface area contributed by atoms with Gasteiger partial charge in [0.05, 0.1) is 11.3 Å². The molecule has 0 atom stereocenters. The first kappa shape index (κ1) is 27.0. The third kappa shape index (κ3) is 5.84. The summed E-state index contributed by atoms with van der Waals surface area (Å²) < 4.78 is 6.71. The summed E-state index contributed by atoms with van der Waals surface area (Å²) in [5.41, 5.74) is 1.55. The number of hydrogen-bond acceptors (Lipinski definition) is 9. The minimum atomic E-state index is -0.503. The molecule has 10 heteroatoms. The number of nitriles is 1. The smallest absolute Gasteiger partial charge is 0.281 e. The van der Waals surface area contributed by atoms with Gasteiger partial charge in [-0.1, -0.05) is 66.9 Å². The van der Waals surface area contributed by atoms with Gasteiger partial charge in [0.25, 0.3) is 11.4 Å². The molecule has 0 spiro atoms. The zero-order valence-electron chi connectivity index (χ0n) is 22.4. The second-order valence-corrected chi connectivity index (χ2v) is 9.89. The van der Waals surface area contributed by atoms with Crippen molar-refractivity contribution >= 4 is 11.4 Å². The molecule has 1 saturated carbocycles. The van der Waals surface area contributed by atoms with E-state index in [1.807, 2.05) is 42.5 Å². The molecular formula is C30H31N7O3. The molecule has 0 amide bonds. The molecule has 1 aliphatic rings. The maximum Gasteiger partial charge on any atom is 0.281 e. The molecule has 0 aliphatic heterocycles. The molecule has 1 fully saturated rings. The summed E-state index contributed by atoms with van der Waals surface area (Å²) in [4.78, 5) is 17.9. The van der Waals surface area contributed by atoms with Crippen LogP contribution in [0.1, 0.15) is 49.7 Å². The maximum atomic E-state index is 13.4. The van der Waals surface area contributed by atoms with Crippen molar-refractivity contribution in [2.24, 2.45) is 10.2 Å². The Morgan fingerprint density at radius 3 is 2.62 bits per heavy atom. The van der Waals surface area contributed by atoms with Crippen LogP contribution in [0.25, 0.3) is 22.8 Å². The predicted octanol–water partition coefficient (Wildman–Crippen LogP) is 6.18. The molecule has 1 aliphatic carbocycles. The highest BCUT2D eigenvalue weighted by molar-refractivity contribution is 5.71. The lowest BCUT2D eigenvalue weighted by atomic mass is 9.95. The van der Waals surface area contributed by atoms with E-state index in [0.29, 0.717) is 36.1 Å². The van der Waals surface area contributed by atoms with Crippen LogP contribution in [0.3, 0.4) is 0 Å². The SMILES string of the molecule is Cc1c(C#N)c(O)n(CCCNC2CCCCC2)c(=O)c1N=Nc1ccccc1-c1nc(-c2ccccc2)no1. The Hall–Kier alpha value is -4.62. The number of nitrogens with one attached hydrogen (secondary N) is 1. The first-order valence-corrected chi connectivity index (χ1v) is 13.6. The molecule has 204 valence electrons. The van der Waals surface area contributed by atoms with Gasteiger partial charge in [-0.15, -0.1) is 10.2 Å². The van der Waals surface area contributed by atoms with Crippen LogP contribution in [-0.2, 0) is 6.54 Å². The summed E-state index contributed by atoms with van der Waals surface area (Å²) in [6.07, 6.45) is 6.71. The van der Waals surface area contributed by atoms with E-state index in [1.54, 1.807) is 25.1 Å². The van der Waals surface area contributed by atoms with Gasteiger partial charge in [0, 0.05) is 23.7 Å². The van der Waals surface area contributed by atoms with Gasteiger partial charge in [0.1, 0.15) is 11.6 Å². The molecule has 10 nitrogen and oxygen atoms in total. The lowest BCUT2D eigenvalue weighted by Gasteiger charge is -2.23. The average Bonchev–Trinajstić information content (AvgIpc) is 3.48. The number of aromatic nitrogens is 3. The number of nitrogens with zero attached hydrogens (tertiary/aromatic N) is 6. The van der Waals surface area contributed by atoms with Crippen LogP contribution in [0.5, 0.6) is 5.88 Å². The summed E-state index contributed by atoms with van der Waals surface area (Å²) in [5.74, 6) is 0.356. The van der Waals surface area contributed by atoms with Crippen LogP contribution in [0.15, 0.2) is 74.1 Å². The molecule has 40 heavy (non-hydrogen) atoms. The van der Waals surface area contributed by atoms with E-state index in [4.69, 9.17) is 4.52 Å². The van der Waals surface area contributed by atoms with Gasteiger partial charge in [-0.25, -0.2) is 0 Å². The summed E-state index contributed by atoms with van der Waals surface area (Å²) in [6, 6.07) is 19.1. The van der Waals surface area contributed by atoms with Gasteiger partial charge in [0.15, 0.2) is 5.69 Å². The predicted molar refractivity (Wildman–Crippen MR) is 151 cm³/mol. The van der Waals surface area contributed by atoms with Crippen LogP contribution in [0.2, 0.25) is 0 Å². The molecule has 0 unspecified atom stereocenters. The van der Waals surface area contributed by atoms with Crippen molar-refractivity contribution in [3.63, 3.8) is 0 Å². The summed E-state index contributed by atoms with van der Waals surface area (Å²) in [5, 5.41) is 36.7. The third-order valence-corrected chi connectivity index (χ3v) is 7.22. The molecule has 0 radical (unpaired) electrons. The molecule has 0 bridgehead atoms. The fourth-order valence-corrected chi connectivity index (χ4v) is 5.00. The van der Waals surface area contributed by atoms with Gasteiger partial charge >= 0.3 is 0 Å². The lowest BCUT2D eigenvalue weighted by Crippen LogP contribution is -2.32. The van der Waals surface area contributed by atoms with Crippen LogP contribution < -0.4 is 10.9 Å². The number of rotatable bonds is 9. The van der Waals surface area contributed by atoms with Crippen molar-refractivity contribution < 1.29 is 9.63 Å². The first-order valence-electron chi connectivity index (χ1n) is 13.6. The number of hydrogen-bond donors (Lipinski definition) is 2. The van der Waals surface area contributed by atoms with Crippen molar-refractivity contribution in [1.82, 2.24) is 20.0 Å². The number of azo groups is 1. The van der Waals surface area contributed by atoms with E-state index in [1.165, 1.54) is 23.8 Å². The second-order valence-electron chi connectivity index (χ2n) is 9.89. The number of aromatic hydroxyl groups is 1. The number of benzene rings is 2. The highest BCUT2D eigenvalue weighted by Crippen LogP contribution is 2.33. The molecule has 2 aromatic heterocycles. The topological polar surface area (TPSA) is 142 Å². The fourth-order valence-electron chi connectivity index (χ4n) is 5.00. The molecular weight excluding hydrogens is 506 g/mol. The van der Waals surface area contributed by atoms with Crippen LogP contribution >= 0.6 is 0 Å². The highest BCUT2D eigenvalue weighted by atomic mass is 16.5. The normalized spacial score (nSPS) is 14.0. The van der Waals surface area contributed by atoms with Gasteiger partial charge in [-0.3, -0.25) is 9.36 Å². The van der Waals surface area contributed by atoms with E-state index in [0.717, 1.165) is 18.4 Å². The molecule has 2 heterocycles. The minimum Gasteiger partial charge on any atom is -0.493 e. The summed E-state index contributed by atoms with van der Waals surface area (Å²) >= 11 is 0. The van der Waals surface area contributed by atoms with E-state index in [2.05, 4.69) is 25.7 Å². The highest BCUT2D eigenvalue weighted by Gasteiger charge is 2.20. The van der Waals surface area contributed by atoms with Crippen molar-refractivity contribution in [3.05, 3.63) is 76.1 Å². The van der Waals surface area contributed by atoms with Gasteiger partial charge < -0.3 is 14.9 Å². The van der Waals surface area contributed by atoms with E-state index in [-0.39, 0.29) is 35.1 Å². The largest absolute Gasteiger partial charge is 0.493 e. The number of pyridine rings is 1. The lowest BCUT2D eigenvalue weighted by molar-refractivity contribution is 0.361. The van der Waals surface area contributed by atoms with Gasteiger partial charge in [0.2, 0.25) is 11.7 Å². The summed E-state index contributed by atoms with van der Waals surface area (Å²) in [7, 11) is 0. The quantitative estimate of drug-likeness (QED) is 0.192. The van der Waals surface area contributed by atoms with Crippen molar-refractivity contribution in [3.8, 4) is 34.8 Å². The van der Waals surface area contributed by atoms with Crippen molar-refractivity contribution in [2.45, 2.75) is 58.0 Å². The Labute approximate surface area is 232 Å². The van der Waals surface area contributed by atoms with Crippen molar-refractivity contribution in [2.75, 3.05) is 6.54 Å². The fraction of sp³-hybridized carbons (Fsp3) is 0.333. The zero-order valence-corrected chi connectivity index (χ0v) is 22.4. The van der Waals surface area contributed by atoms with Crippen LogP contribution in [0, 0.1) is 18.3 Å². The molecule has 5 rings (SSSR count). The Bertz CT molecular complexity index is 1600. The Kier molecular flexibility index (Phi) is 8.42. The molecule has 4 aromatic rings. The molecule has 2 aromatic carbocycles. The summed E-state index contributed by atoms with van der Waals surface area (Å²) in [6.45, 7) is 2.55. The maximum absolute atomic E-state index is 13.4. The standard InChI is InChI=1S/C30H31N7O3/c1-20-24(19-31)29(38)37(18-10-17-32-22-13-6-3-7-14-22)30(39)26(20)35-34-25-16-9-8-15-23(25)28-33-27(36-40-28)21-11-4-2-5-12-21/h2,4-5,8-9,11-12,15-16,22,32,38H,3,6-7,10,13-14,17-18H2,1H3. The van der Waals surface area contributed by atoms with Crippen molar-refractivity contribution in [1.29, 1.82) is 5.26 Å². The molecule has 2 N–H and O–H groups in total. The van der Waals surface area contributed by atoms with E-state index < -0.39 is 5.56 Å². The first-order chi connectivity index (χ1) is 19.6. The van der Waals surface area contributed by atoms with Crippen LogP contribution in [-0.4, -0.2) is 32.4 Å². The van der Waals surface area contributed by atoms with E-state index in [9.17, 15) is 15.2 Å². The monoisotopic (exact) mass is 537 g/mol. The van der Waals surface area contributed by atoms with Crippen LogP contribution in [0.4, 0.5) is 11.4 Å².